The minimum Gasteiger partial charge on any atom is -0.0842 e. The molecule has 0 spiro atoms. The van der Waals surface area contributed by atoms with Gasteiger partial charge in [0.25, 0.3) is 0 Å². The molecular weight excluding hydrogens is 156 g/mol. The smallest absolute Gasteiger partial charge is 0.0283 e. The fourth-order valence-electron chi connectivity index (χ4n) is 1.52. The van der Waals surface area contributed by atoms with Crippen LogP contribution in [0.2, 0.25) is 0 Å². The zero-order chi connectivity index (χ0) is 9.68. The summed E-state index contributed by atoms with van der Waals surface area (Å²) in [4.78, 5) is 0. The molecule has 0 aromatic heterocycles. The van der Waals surface area contributed by atoms with Crippen LogP contribution in [-0.4, -0.2) is 0 Å². The van der Waals surface area contributed by atoms with E-state index in [9.17, 15) is 0 Å². The summed E-state index contributed by atoms with van der Waals surface area (Å²) in [5.41, 5.74) is 4.66. The van der Waals surface area contributed by atoms with Crippen LogP contribution in [0.15, 0.2) is 34.9 Å². The van der Waals surface area contributed by atoms with Gasteiger partial charge in [-0.1, -0.05) is 34.9 Å². The zero-order valence-electron chi connectivity index (χ0n) is 9.06. The highest BCUT2D eigenvalue weighted by Crippen LogP contribution is 2.19. The van der Waals surface area contributed by atoms with E-state index in [0.29, 0.717) is 0 Å². The summed E-state index contributed by atoms with van der Waals surface area (Å²) in [6, 6.07) is 0. The molecule has 0 atom stereocenters. The summed E-state index contributed by atoms with van der Waals surface area (Å²) in [6.07, 6.45) is 11.6. The van der Waals surface area contributed by atoms with Gasteiger partial charge in [-0.05, 0) is 46.5 Å². The van der Waals surface area contributed by atoms with Crippen molar-refractivity contribution in [2.24, 2.45) is 0 Å². The summed E-state index contributed by atoms with van der Waals surface area (Å²) in [5.74, 6) is 0. The maximum absolute atomic E-state index is 2.27. The van der Waals surface area contributed by atoms with Gasteiger partial charge in [0.15, 0.2) is 0 Å². The lowest BCUT2D eigenvalue weighted by Gasteiger charge is -2.08. The summed E-state index contributed by atoms with van der Waals surface area (Å²) in [6.45, 7) is 6.76. The van der Waals surface area contributed by atoms with Gasteiger partial charge in [-0.25, -0.2) is 0 Å². The van der Waals surface area contributed by atoms with E-state index in [1.165, 1.54) is 31.3 Å². The predicted octanol–water partition coefficient (Wildman–Crippen LogP) is 4.40. The molecule has 0 unspecified atom stereocenters. The van der Waals surface area contributed by atoms with Gasteiger partial charge >= 0.3 is 0 Å². The standard InChI is InChI=1S/C13H20/c1-11-7-5-4-6-8-12(2)13(3)10-9-11/h4-5,7H,6,8-10H2,1-3H3/b5-4-,11-7+,13-12+. The van der Waals surface area contributed by atoms with Crippen LogP contribution in [0.1, 0.15) is 46.5 Å². The topological polar surface area (TPSA) is 0 Å². The van der Waals surface area contributed by atoms with E-state index < -0.39 is 0 Å². The van der Waals surface area contributed by atoms with Gasteiger partial charge in [0, 0.05) is 0 Å². The van der Waals surface area contributed by atoms with Crippen molar-refractivity contribution in [1.82, 2.24) is 0 Å². The lowest BCUT2D eigenvalue weighted by Crippen LogP contribution is -1.88. The molecule has 72 valence electrons. The molecule has 0 nitrogen and oxygen atoms in total. The number of rotatable bonds is 0. The summed E-state index contributed by atoms with van der Waals surface area (Å²) >= 11 is 0. The minimum absolute atomic E-state index is 1.19. The van der Waals surface area contributed by atoms with Gasteiger partial charge < -0.3 is 0 Å². The Labute approximate surface area is 82.0 Å². The van der Waals surface area contributed by atoms with Crippen molar-refractivity contribution in [3.63, 3.8) is 0 Å². The Morgan fingerprint density at radius 2 is 1.62 bits per heavy atom. The first kappa shape index (κ1) is 10.3. The van der Waals surface area contributed by atoms with Crippen LogP contribution in [0.25, 0.3) is 0 Å². The second-order valence-electron chi connectivity index (χ2n) is 4.04. The lowest BCUT2D eigenvalue weighted by molar-refractivity contribution is 0.865. The first-order valence-corrected chi connectivity index (χ1v) is 5.17. The first-order chi connectivity index (χ1) is 6.20. The summed E-state index contributed by atoms with van der Waals surface area (Å²) in [7, 11) is 0. The molecule has 0 saturated heterocycles. The fraction of sp³-hybridized carbons (Fsp3) is 0.538. The molecule has 0 heteroatoms. The molecule has 0 fully saturated rings. The number of allylic oxidation sites excluding steroid dienone is 6. The molecule has 0 aromatic carbocycles. The molecule has 1 aliphatic rings. The maximum Gasteiger partial charge on any atom is -0.0283 e. The molecule has 0 saturated carbocycles. The molecule has 13 heavy (non-hydrogen) atoms. The van der Waals surface area contributed by atoms with Crippen molar-refractivity contribution in [2.75, 3.05) is 0 Å². The SMILES string of the molecule is C/C1=C\C=C/CC/C(C)=C(\C)CC1. The van der Waals surface area contributed by atoms with Crippen molar-refractivity contribution in [1.29, 1.82) is 0 Å². The van der Waals surface area contributed by atoms with Crippen molar-refractivity contribution in [2.45, 2.75) is 46.5 Å². The van der Waals surface area contributed by atoms with Crippen LogP contribution < -0.4 is 0 Å². The average Bonchev–Trinajstić information content (AvgIpc) is 2.12. The van der Waals surface area contributed by atoms with E-state index in [0.717, 1.165) is 0 Å². The van der Waals surface area contributed by atoms with E-state index in [2.05, 4.69) is 39.0 Å². The number of hydrogen-bond acceptors (Lipinski definition) is 0. The Balaban J connectivity index is 2.72. The molecule has 1 rings (SSSR count). The van der Waals surface area contributed by atoms with Gasteiger partial charge in [0.2, 0.25) is 0 Å². The Hall–Kier alpha value is -0.780. The van der Waals surface area contributed by atoms with Crippen LogP contribution in [0.5, 0.6) is 0 Å². The molecule has 0 radical (unpaired) electrons. The van der Waals surface area contributed by atoms with E-state index in [1.54, 1.807) is 11.1 Å². The Kier molecular flexibility index (Phi) is 4.01. The predicted molar refractivity (Wildman–Crippen MR) is 59.7 cm³/mol. The second-order valence-corrected chi connectivity index (χ2v) is 4.04. The third-order valence-corrected chi connectivity index (χ3v) is 2.83. The molecular formula is C13H20. The van der Waals surface area contributed by atoms with E-state index in [1.807, 2.05) is 0 Å². The first-order valence-electron chi connectivity index (χ1n) is 5.17. The zero-order valence-corrected chi connectivity index (χ0v) is 9.06. The highest BCUT2D eigenvalue weighted by Gasteiger charge is 1.98. The maximum atomic E-state index is 2.27. The van der Waals surface area contributed by atoms with Crippen LogP contribution in [0.4, 0.5) is 0 Å². The molecule has 0 aromatic rings. The largest absolute Gasteiger partial charge is 0.0842 e. The molecule has 1 aliphatic carbocycles. The lowest BCUT2D eigenvalue weighted by atomic mass is 9.98. The van der Waals surface area contributed by atoms with E-state index in [4.69, 9.17) is 0 Å². The van der Waals surface area contributed by atoms with Gasteiger partial charge in [-0.2, -0.15) is 0 Å². The van der Waals surface area contributed by atoms with Gasteiger partial charge in [-0.3, -0.25) is 0 Å². The summed E-state index contributed by atoms with van der Waals surface area (Å²) in [5, 5.41) is 0. The van der Waals surface area contributed by atoms with Crippen LogP contribution in [0, 0.1) is 0 Å². The van der Waals surface area contributed by atoms with Crippen molar-refractivity contribution in [3.8, 4) is 0 Å². The van der Waals surface area contributed by atoms with Crippen LogP contribution in [0.3, 0.4) is 0 Å². The molecule has 0 N–H and O–H groups in total. The highest BCUT2D eigenvalue weighted by atomic mass is 14.0. The third-order valence-electron chi connectivity index (χ3n) is 2.83. The normalized spacial score (nSPS) is 32.1. The van der Waals surface area contributed by atoms with Gasteiger partial charge in [-0.15, -0.1) is 0 Å². The van der Waals surface area contributed by atoms with E-state index >= 15 is 0 Å². The minimum atomic E-state index is 1.19. The van der Waals surface area contributed by atoms with Crippen molar-refractivity contribution < 1.29 is 0 Å². The second kappa shape index (κ2) is 5.06. The van der Waals surface area contributed by atoms with Crippen molar-refractivity contribution in [3.05, 3.63) is 34.9 Å². The Bertz CT molecular complexity index is 251. The highest BCUT2D eigenvalue weighted by molar-refractivity contribution is 5.17. The molecule has 0 amide bonds. The summed E-state index contributed by atoms with van der Waals surface area (Å²) < 4.78 is 0. The molecule has 0 aliphatic heterocycles. The van der Waals surface area contributed by atoms with Crippen LogP contribution in [-0.2, 0) is 0 Å². The Morgan fingerprint density at radius 3 is 2.38 bits per heavy atom. The average molecular weight is 176 g/mol. The fourth-order valence-corrected chi connectivity index (χ4v) is 1.52. The van der Waals surface area contributed by atoms with Gasteiger partial charge in [0.05, 0.1) is 0 Å². The molecule has 0 bridgehead atoms. The van der Waals surface area contributed by atoms with Crippen LogP contribution >= 0.6 is 0 Å². The molecule has 0 heterocycles. The van der Waals surface area contributed by atoms with Gasteiger partial charge in [0.1, 0.15) is 0 Å². The third kappa shape index (κ3) is 3.63. The van der Waals surface area contributed by atoms with E-state index in [-0.39, 0.29) is 0 Å². The number of hydrogen-bond donors (Lipinski definition) is 0. The van der Waals surface area contributed by atoms with Crippen molar-refractivity contribution >= 4 is 0 Å². The quantitative estimate of drug-likeness (QED) is 0.480. The monoisotopic (exact) mass is 176 g/mol. The Morgan fingerprint density at radius 1 is 0.923 bits per heavy atom.